The molecule has 1 atom stereocenters. The highest BCUT2D eigenvalue weighted by Crippen LogP contribution is 2.20. The molecule has 1 aliphatic rings. The number of aryl methyl sites for hydroxylation is 1. The van der Waals surface area contributed by atoms with Crippen LogP contribution < -0.4 is 10.2 Å². The normalized spacial score (nSPS) is 20.7. The van der Waals surface area contributed by atoms with Gasteiger partial charge in [-0.25, -0.2) is 5.43 Å². The van der Waals surface area contributed by atoms with Crippen molar-refractivity contribution in [1.29, 1.82) is 0 Å². The molecule has 1 aromatic rings. The fourth-order valence-corrected chi connectivity index (χ4v) is 2.36. The minimum atomic E-state index is -0.210. The van der Waals surface area contributed by atoms with Crippen molar-refractivity contribution >= 4 is 11.6 Å². The second kappa shape index (κ2) is 7.08. The molecular weight excluding hydrogens is 252 g/mol. The van der Waals surface area contributed by atoms with E-state index in [0.717, 1.165) is 29.9 Å². The number of ether oxygens (including phenoxy) is 1. The molecule has 0 spiro atoms. The molecule has 1 unspecified atom stereocenters. The van der Waals surface area contributed by atoms with Gasteiger partial charge in [0.15, 0.2) is 6.61 Å². The molecule has 1 N–H and O–H groups in total. The summed E-state index contributed by atoms with van der Waals surface area (Å²) in [5.41, 5.74) is 4.72. The predicted octanol–water partition coefficient (Wildman–Crippen LogP) is 3.06. The van der Waals surface area contributed by atoms with Crippen LogP contribution in [-0.2, 0) is 4.79 Å². The molecule has 4 nitrogen and oxygen atoms in total. The van der Waals surface area contributed by atoms with Crippen molar-refractivity contribution in [3.63, 3.8) is 0 Å². The van der Waals surface area contributed by atoms with Crippen LogP contribution in [0.1, 0.15) is 38.2 Å². The van der Waals surface area contributed by atoms with E-state index < -0.39 is 0 Å². The average molecular weight is 274 g/mol. The van der Waals surface area contributed by atoms with E-state index in [9.17, 15) is 4.79 Å². The molecular formula is C16H22N2O2. The SMILES string of the molecule is Cc1ccccc1OCC(=O)N/N=C1\CCCCC1C. The Morgan fingerprint density at radius 1 is 1.40 bits per heavy atom. The number of carbonyl (C=O) groups excluding carboxylic acids is 1. The number of hydrazone groups is 1. The summed E-state index contributed by atoms with van der Waals surface area (Å²) in [5.74, 6) is 1.00. The molecule has 1 aliphatic carbocycles. The largest absolute Gasteiger partial charge is 0.483 e. The van der Waals surface area contributed by atoms with Gasteiger partial charge in [0, 0.05) is 5.71 Å². The molecule has 20 heavy (non-hydrogen) atoms. The zero-order valence-corrected chi connectivity index (χ0v) is 12.2. The maximum absolute atomic E-state index is 11.7. The summed E-state index contributed by atoms with van der Waals surface area (Å²) in [4.78, 5) is 11.7. The predicted molar refractivity (Wildman–Crippen MR) is 79.9 cm³/mol. The van der Waals surface area contributed by atoms with Gasteiger partial charge in [0.25, 0.3) is 5.91 Å². The maximum Gasteiger partial charge on any atom is 0.277 e. The lowest BCUT2D eigenvalue weighted by atomic mass is 9.89. The van der Waals surface area contributed by atoms with E-state index >= 15 is 0 Å². The number of hydrogen-bond donors (Lipinski definition) is 1. The van der Waals surface area contributed by atoms with Crippen LogP contribution in [0, 0.1) is 12.8 Å². The second-order valence-corrected chi connectivity index (χ2v) is 5.34. The van der Waals surface area contributed by atoms with E-state index in [1.165, 1.54) is 12.8 Å². The summed E-state index contributed by atoms with van der Waals surface area (Å²) < 4.78 is 5.48. The van der Waals surface area contributed by atoms with Crippen molar-refractivity contribution in [1.82, 2.24) is 5.43 Å². The summed E-state index contributed by atoms with van der Waals surface area (Å²) in [6.45, 7) is 4.11. The lowest BCUT2D eigenvalue weighted by molar-refractivity contribution is -0.123. The second-order valence-electron chi connectivity index (χ2n) is 5.34. The van der Waals surface area contributed by atoms with Crippen LogP contribution in [0.15, 0.2) is 29.4 Å². The Labute approximate surface area is 120 Å². The zero-order chi connectivity index (χ0) is 14.4. The molecule has 0 saturated heterocycles. The van der Waals surface area contributed by atoms with Crippen LogP contribution in [0.5, 0.6) is 5.75 Å². The molecule has 4 heteroatoms. The number of benzene rings is 1. The molecule has 0 aromatic heterocycles. The summed E-state index contributed by atoms with van der Waals surface area (Å²) in [7, 11) is 0. The van der Waals surface area contributed by atoms with Gasteiger partial charge in [-0.3, -0.25) is 4.79 Å². The number of carbonyl (C=O) groups is 1. The van der Waals surface area contributed by atoms with Gasteiger partial charge in [0.2, 0.25) is 0 Å². The molecule has 0 radical (unpaired) electrons. The van der Waals surface area contributed by atoms with Crippen molar-refractivity contribution in [3.05, 3.63) is 29.8 Å². The van der Waals surface area contributed by atoms with Gasteiger partial charge in [-0.2, -0.15) is 5.10 Å². The Kier molecular flexibility index (Phi) is 5.16. The molecule has 1 amide bonds. The third-order valence-electron chi connectivity index (χ3n) is 3.67. The average Bonchev–Trinajstić information content (AvgIpc) is 2.45. The summed E-state index contributed by atoms with van der Waals surface area (Å²) >= 11 is 0. The number of hydrogen-bond acceptors (Lipinski definition) is 3. The fraction of sp³-hybridized carbons (Fsp3) is 0.500. The third-order valence-corrected chi connectivity index (χ3v) is 3.67. The first kappa shape index (κ1) is 14.6. The first-order chi connectivity index (χ1) is 9.66. The quantitative estimate of drug-likeness (QED) is 0.858. The zero-order valence-electron chi connectivity index (χ0n) is 12.2. The highest BCUT2D eigenvalue weighted by Gasteiger charge is 2.16. The summed E-state index contributed by atoms with van der Waals surface area (Å²) in [6.07, 6.45) is 4.57. The molecule has 0 bridgehead atoms. The van der Waals surface area contributed by atoms with Crippen molar-refractivity contribution in [2.75, 3.05) is 6.61 Å². The Morgan fingerprint density at radius 3 is 2.95 bits per heavy atom. The number of rotatable bonds is 4. The van der Waals surface area contributed by atoms with Crippen molar-refractivity contribution in [2.24, 2.45) is 11.0 Å². The molecule has 0 heterocycles. The third kappa shape index (κ3) is 4.08. The number of amides is 1. The molecule has 1 saturated carbocycles. The number of para-hydroxylation sites is 1. The number of nitrogens with one attached hydrogen (secondary N) is 1. The molecule has 2 rings (SSSR count). The van der Waals surface area contributed by atoms with Crippen molar-refractivity contribution in [2.45, 2.75) is 39.5 Å². The monoisotopic (exact) mass is 274 g/mol. The lowest BCUT2D eigenvalue weighted by Crippen LogP contribution is -2.28. The summed E-state index contributed by atoms with van der Waals surface area (Å²) in [6, 6.07) is 7.65. The molecule has 0 aliphatic heterocycles. The fourth-order valence-electron chi connectivity index (χ4n) is 2.36. The van der Waals surface area contributed by atoms with Crippen LogP contribution in [0.25, 0.3) is 0 Å². The van der Waals surface area contributed by atoms with Crippen LogP contribution in [0.4, 0.5) is 0 Å². The van der Waals surface area contributed by atoms with Gasteiger partial charge >= 0.3 is 0 Å². The Morgan fingerprint density at radius 2 is 2.20 bits per heavy atom. The van der Waals surface area contributed by atoms with E-state index in [-0.39, 0.29) is 12.5 Å². The van der Waals surface area contributed by atoms with Crippen LogP contribution in [0.2, 0.25) is 0 Å². The highest BCUT2D eigenvalue weighted by molar-refractivity contribution is 5.88. The topological polar surface area (TPSA) is 50.7 Å². The highest BCUT2D eigenvalue weighted by atomic mass is 16.5. The Bertz CT molecular complexity index is 497. The van der Waals surface area contributed by atoms with E-state index in [0.29, 0.717) is 5.92 Å². The molecule has 1 fully saturated rings. The van der Waals surface area contributed by atoms with Gasteiger partial charge in [0.05, 0.1) is 0 Å². The minimum Gasteiger partial charge on any atom is -0.483 e. The van der Waals surface area contributed by atoms with E-state index in [1.54, 1.807) is 0 Å². The smallest absolute Gasteiger partial charge is 0.277 e. The van der Waals surface area contributed by atoms with Crippen molar-refractivity contribution < 1.29 is 9.53 Å². The molecule has 1 aromatic carbocycles. The van der Waals surface area contributed by atoms with Gasteiger partial charge in [-0.1, -0.05) is 31.5 Å². The van der Waals surface area contributed by atoms with Gasteiger partial charge in [-0.05, 0) is 43.7 Å². The van der Waals surface area contributed by atoms with E-state index in [2.05, 4.69) is 17.5 Å². The lowest BCUT2D eigenvalue weighted by Gasteiger charge is -2.19. The van der Waals surface area contributed by atoms with Crippen LogP contribution in [-0.4, -0.2) is 18.2 Å². The van der Waals surface area contributed by atoms with Gasteiger partial charge in [-0.15, -0.1) is 0 Å². The number of nitrogens with zero attached hydrogens (tertiary/aromatic N) is 1. The first-order valence-electron chi connectivity index (χ1n) is 7.20. The standard InChI is InChI=1S/C16H22N2O2/c1-12-7-3-5-9-14(12)17-18-16(19)11-20-15-10-6-4-8-13(15)2/h4,6,8,10,12H,3,5,7,9,11H2,1-2H3,(H,18,19)/b17-14+. The van der Waals surface area contributed by atoms with E-state index in [4.69, 9.17) is 4.74 Å². The molecule has 108 valence electrons. The Balaban J connectivity index is 1.81. The van der Waals surface area contributed by atoms with Crippen LogP contribution >= 0.6 is 0 Å². The van der Waals surface area contributed by atoms with Crippen molar-refractivity contribution in [3.8, 4) is 5.75 Å². The maximum atomic E-state index is 11.7. The van der Waals surface area contributed by atoms with E-state index in [1.807, 2.05) is 31.2 Å². The first-order valence-corrected chi connectivity index (χ1v) is 7.20. The van der Waals surface area contributed by atoms with Gasteiger partial charge in [0.1, 0.15) is 5.75 Å². The van der Waals surface area contributed by atoms with Crippen LogP contribution in [0.3, 0.4) is 0 Å². The van der Waals surface area contributed by atoms with Gasteiger partial charge < -0.3 is 4.74 Å². The Hall–Kier alpha value is -1.84. The summed E-state index contributed by atoms with van der Waals surface area (Å²) in [5, 5.41) is 4.24. The minimum absolute atomic E-state index is 0.00395.